The SMILES string of the molecule is O=C1c2ccccc2C(O)C12OC(c1ccc(Cl)c(Cl)c1)c1c2c(O)n(-c2ccc3c(c2)OCO3)c1O. The van der Waals surface area contributed by atoms with Crippen LogP contribution < -0.4 is 9.47 Å². The van der Waals surface area contributed by atoms with Crippen molar-refractivity contribution in [1.29, 1.82) is 0 Å². The molecule has 2 aliphatic heterocycles. The van der Waals surface area contributed by atoms with Crippen LogP contribution in [0, 0.1) is 0 Å². The van der Waals surface area contributed by atoms with Gasteiger partial charge in [-0.15, -0.1) is 0 Å². The standard InChI is InChI=1S/C27H17Cl2NO7/c28-16-7-5-12(9-17(16)29)22-20-21(27(37-22)23(31)14-3-1-2-4-15(14)24(27)32)26(34)30(25(20)33)13-6-8-18-19(10-13)36-11-35-18/h1-10,22-23,31,33-34H,11H2. The highest BCUT2D eigenvalue weighted by atomic mass is 35.5. The number of halogens is 2. The van der Waals surface area contributed by atoms with Gasteiger partial charge in [-0.1, -0.05) is 53.5 Å². The number of fused-ring (bicyclic) bond motifs is 4. The third-order valence-corrected chi connectivity index (χ3v) is 7.92. The highest BCUT2D eigenvalue weighted by Gasteiger charge is 2.64. The van der Waals surface area contributed by atoms with Crippen LogP contribution in [-0.2, 0) is 10.3 Å². The van der Waals surface area contributed by atoms with Crippen LogP contribution in [0.1, 0.15) is 44.8 Å². The molecule has 4 aromatic rings. The van der Waals surface area contributed by atoms with E-state index in [9.17, 15) is 20.1 Å². The number of benzene rings is 3. The van der Waals surface area contributed by atoms with Crippen LogP contribution in [0.25, 0.3) is 5.69 Å². The van der Waals surface area contributed by atoms with Crippen LogP contribution in [0.4, 0.5) is 0 Å². The van der Waals surface area contributed by atoms with E-state index in [-0.39, 0.29) is 34.4 Å². The fourth-order valence-corrected chi connectivity index (χ4v) is 5.82. The number of hydrogen-bond donors (Lipinski definition) is 3. The van der Waals surface area contributed by atoms with E-state index in [1.54, 1.807) is 60.7 Å². The topological polar surface area (TPSA) is 110 Å². The Hall–Kier alpha value is -3.69. The molecule has 186 valence electrons. The normalized spacial score (nSPS) is 23.1. The van der Waals surface area contributed by atoms with Gasteiger partial charge in [0.05, 0.1) is 26.9 Å². The fraction of sp³-hybridized carbons (Fsp3) is 0.148. The molecule has 0 saturated heterocycles. The zero-order valence-electron chi connectivity index (χ0n) is 18.8. The highest BCUT2D eigenvalue weighted by molar-refractivity contribution is 6.42. The third kappa shape index (κ3) is 2.84. The summed E-state index contributed by atoms with van der Waals surface area (Å²) in [4.78, 5) is 13.9. The second kappa shape index (κ2) is 7.66. The molecule has 37 heavy (non-hydrogen) atoms. The van der Waals surface area contributed by atoms with Crippen molar-refractivity contribution in [3.8, 4) is 28.9 Å². The average Bonchev–Trinajstić information content (AvgIpc) is 3.62. The molecule has 1 aromatic heterocycles. The number of Topliss-reactive ketones (excluding diaryl/α,β-unsaturated/α-hetero) is 1. The fourth-order valence-electron chi connectivity index (χ4n) is 5.52. The van der Waals surface area contributed by atoms with Gasteiger partial charge in [0.1, 0.15) is 12.2 Å². The molecule has 10 heteroatoms. The quantitative estimate of drug-likeness (QED) is 0.323. The maximum Gasteiger partial charge on any atom is 0.231 e. The first-order chi connectivity index (χ1) is 17.8. The molecule has 1 aliphatic carbocycles. The summed E-state index contributed by atoms with van der Waals surface area (Å²) in [5, 5.41) is 35.2. The van der Waals surface area contributed by atoms with Crippen molar-refractivity contribution in [3.05, 3.63) is 98.5 Å². The van der Waals surface area contributed by atoms with Crippen molar-refractivity contribution in [2.45, 2.75) is 17.8 Å². The minimum atomic E-state index is -2.00. The second-order valence-corrected chi connectivity index (χ2v) is 9.85. The molecule has 3 atom stereocenters. The van der Waals surface area contributed by atoms with E-state index in [0.717, 1.165) is 0 Å². The maximum absolute atomic E-state index is 13.9. The number of aliphatic hydroxyl groups is 1. The molecule has 0 fully saturated rings. The number of carbonyl (C=O) groups excluding carboxylic acids is 1. The zero-order chi connectivity index (χ0) is 25.6. The number of aromatic nitrogens is 1. The lowest BCUT2D eigenvalue weighted by Crippen LogP contribution is -2.36. The Labute approximate surface area is 219 Å². The molecule has 0 bridgehead atoms. The predicted molar refractivity (Wildman–Crippen MR) is 132 cm³/mol. The van der Waals surface area contributed by atoms with Crippen molar-refractivity contribution in [3.63, 3.8) is 0 Å². The number of ether oxygens (including phenoxy) is 3. The first kappa shape index (κ1) is 22.5. The highest BCUT2D eigenvalue weighted by Crippen LogP contribution is 2.63. The van der Waals surface area contributed by atoms with Gasteiger partial charge in [0.2, 0.25) is 24.3 Å². The third-order valence-electron chi connectivity index (χ3n) is 7.18. The lowest BCUT2D eigenvalue weighted by molar-refractivity contribution is -0.104. The number of rotatable bonds is 2. The maximum atomic E-state index is 13.9. The minimum Gasteiger partial charge on any atom is -0.494 e. The number of ketones is 1. The molecular weight excluding hydrogens is 521 g/mol. The monoisotopic (exact) mass is 537 g/mol. The van der Waals surface area contributed by atoms with Crippen molar-refractivity contribution in [1.82, 2.24) is 4.57 Å². The molecule has 0 radical (unpaired) electrons. The van der Waals surface area contributed by atoms with Gasteiger partial charge in [-0.25, -0.2) is 0 Å². The molecule has 8 nitrogen and oxygen atoms in total. The van der Waals surface area contributed by atoms with Gasteiger partial charge in [0, 0.05) is 11.6 Å². The van der Waals surface area contributed by atoms with Gasteiger partial charge in [0.25, 0.3) is 0 Å². The number of aromatic hydroxyl groups is 2. The van der Waals surface area contributed by atoms with Crippen LogP contribution in [-0.4, -0.2) is 32.5 Å². The Morgan fingerprint density at radius 3 is 2.49 bits per heavy atom. The van der Waals surface area contributed by atoms with Gasteiger partial charge < -0.3 is 29.5 Å². The summed E-state index contributed by atoms with van der Waals surface area (Å²) in [6, 6.07) is 16.3. The number of nitrogens with zero attached hydrogens (tertiary/aromatic N) is 1. The van der Waals surface area contributed by atoms with E-state index < -0.39 is 29.5 Å². The van der Waals surface area contributed by atoms with Crippen molar-refractivity contribution in [2.75, 3.05) is 6.79 Å². The lowest BCUT2D eigenvalue weighted by Gasteiger charge is -2.28. The predicted octanol–water partition coefficient (Wildman–Crippen LogP) is 5.17. The Balaban J connectivity index is 1.50. The van der Waals surface area contributed by atoms with Crippen molar-refractivity contribution in [2.24, 2.45) is 0 Å². The molecule has 0 amide bonds. The van der Waals surface area contributed by atoms with Crippen LogP contribution >= 0.6 is 23.2 Å². The molecule has 0 saturated carbocycles. The summed E-state index contributed by atoms with van der Waals surface area (Å²) in [6.07, 6.45) is -2.50. The first-order valence-electron chi connectivity index (χ1n) is 11.3. The summed E-state index contributed by atoms with van der Waals surface area (Å²) in [6.45, 7) is 0.0498. The molecule has 3 heterocycles. The molecule has 3 aliphatic rings. The smallest absolute Gasteiger partial charge is 0.231 e. The first-order valence-corrected chi connectivity index (χ1v) is 12.1. The van der Waals surface area contributed by atoms with E-state index in [0.29, 0.717) is 33.3 Å². The van der Waals surface area contributed by atoms with Crippen LogP contribution in [0.2, 0.25) is 10.0 Å². The van der Waals surface area contributed by atoms with Crippen molar-refractivity contribution >= 4 is 29.0 Å². The van der Waals surface area contributed by atoms with Crippen LogP contribution in [0.5, 0.6) is 23.3 Å². The van der Waals surface area contributed by atoms with Gasteiger partial charge in [-0.3, -0.25) is 9.36 Å². The molecule has 3 unspecified atom stereocenters. The van der Waals surface area contributed by atoms with Gasteiger partial charge in [-0.2, -0.15) is 0 Å². The second-order valence-electron chi connectivity index (χ2n) is 9.03. The number of carbonyl (C=O) groups is 1. The molecular formula is C27H17Cl2NO7. The van der Waals surface area contributed by atoms with E-state index in [1.807, 2.05) is 0 Å². The van der Waals surface area contributed by atoms with Crippen LogP contribution in [0.3, 0.4) is 0 Å². The molecule has 3 N–H and O–H groups in total. The summed E-state index contributed by atoms with van der Waals surface area (Å²) in [5.41, 5.74) is -0.427. The Kier molecular flexibility index (Phi) is 4.66. The Bertz CT molecular complexity index is 1650. The lowest BCUT2D eigenvalue weighted by atomic mass is 9.87. The molecule has 3 aromatic carbocycles. The summed E-state index contributed by atoms with van der Waals surface area (Å²) < 4.78 is 18.4. The van der Waals surface area contributed by atoms with Crippen molar-refractivity contribution < 1.29 is 34.3 Å². The van der Waals surface area contributed by atoms with E-state index >= 15 is 0 Å². The van der Waals surface area contributed by atoms with E-state index in [4.69, 9.17) is 37.4 Å². The largest absolute Gasteiger partial charge is 0.494 e. The summed E-state index contributed by atoms with van der Waals surface area (Å²) in [7, 11) is 0. The van der Waals surface area contributed by atoms with Crippen LogP contribution in [0.15, 0.2) is 60.7 Å². The number of aliphatic hydroxyl groups excluding tert-OH is 1. The minimum absolute atomic E-state index is 0.0209. The summed E-state index contributed by atoms with van der Waals surface area (Å²) in [5.74, 6) is -0.392. The average molecular weight is 538 g/mol. The molecule has 1 spiro atoms. The van der Waals surface area contributed by atoms with Gasteiger partial charge >= 0.3 is 0 Å². The number of hydrogen-bond acceptors (Lipinski definition) is 7. The summed E-state index contributed by atoms with van der Waals surface area (Å²) >= 11 is 12.4. The Morgan fingerprint density at radius 2 is 1.70 bits per heavy atom. The Morgan fingerprint density at radius 1 is 0.919 bits per heavy atom. The van der Waals surface area contributed by atoms with E-state index in [2.05, 4.69) is 0 Å². The van der Waals surface area contributed by atoms with Gasteiger partial charge in [-0.05, 0) is 35.4 Å². The van der Waals surface area contributed by atoms with Gasteiger partial charge in [0.15, 0.2) is 17.1 Å². The zero-order valence-corrected chi connectivity index (χ0v) is 20.3. The van der Waals surface area contributed by atoms with E-state index in [1.165, 1.54) is 4.57 Å². The molecule has 7 rings (SSSR count).